The molecule has 94 valence electrons. The van der Waals surface area contributed by atoms with Gasteiger partial charge in [-0.05, 0) is 30.5 Å². The van der Waals surface area contributed by atoms with Crippen LogP contribution in [0.3, 0.4) is 0 Å². The van der Waals surface area contributed by atoms with E-state index in [9.17, 15) is 9.50 Å². The van der Waals surface area contributed by atoms with Gasteiger partial charge in [-0.2, -0.15) is 0 Å². The number of rotatable bonds is 4. The Labute approximate surface area is 102 Å². The number of aliphatic hydroxyl groups is 1. The van der Waals surface area contributed by atoms with Crippen LogP contribution in [0, 0.1) is 5.82 Å². The number of hydrogen-bond acceptors (Lipinski definition) is 2. The van der Waals surface area contributed by atoms with Crippen LogP contribution in [0.5, 0.6) is 0 Å². The van der Waals surface area contributed by atoms with Gasteiger partial charge in [-0.25, -0.2) is 4.39 Å². The van der Waals surface area contributed by atoms with Gasteiger partial charge in [0.2, 0.25) is 0 Å². The average molecular weight is 237 g/mol. The van der Waals surface area contributed by atoms with Crippen LogP contribution in [0.1, 0.15) is 43.7 Å². The molecule has 1 aliphatic carbocycles. The second-order valence-corrected chi connectivity index (χ2v) is 4.79. The summed E-state index contributed by atoms with van der Waals surface area (Å²) in [6, 6.07) is 6.80. The number of halogens is 1. The van der Waals surface area contributed by atoms with Gasteiger partial charge in [0.25, 0.3) is 0 Å². The molecule has 0 aliphatic heterocycles. The van der Waals surface area contributed by atoms with Crippen LogP contribution < -0.4 is 5.32 Å². The fourth-order valence-corrected chi connectivity index (χ4v) is 2.50. The van der Waals surface area contributed by atoms with Crippen molar-refractivity contribution in [2.45, 2.75) is 44.2 Å². The zero-order valence-electron chi connectivity index (χ0n) is 10.0. The number of hydrogen-bond donors (Lipinski definition) is 2. The zero-order chi connectivity index (χ0) is 12.1. The number of nitrogens with one attached hydrogen (secondary N) is 1. The molecule has 3 heteroatoms. The summed E-state index contributed by atoms with van der Waals surface area (Å²) in [5.74, 6) is -0.233. The van der Waals surface area contributed by atoms with Crippen LogP contribution in [-0.2, 0) is 0 Å². The number of benzene rings is 1. The normalized spacial score (nSPS) is 19.2. The fraction of sp³-hybridized carbons (Fsp3) is 0.571. The minimum atomic E-state index is -0.233. The van der Waals surface area contributed by atoms with Crippen molar-refractivity contribution in [3.05, 3.63) is 35.6 Å². The van der Waals surface area contributed by atoms with Gasteiger partial charge in [0, 0.05) is 6.04 Å². The topological polar surface area (TPSA) is 32.3 Å². The Bertz CT molecular complexity index is 333. The Morgan fingerprint density at radius 2 is 1.82 bits per heavy atom. The van der Waals surface area contributed by atoms with Gasteiger partial charge in [0.1, 0.15) is 5.82 Å². The fourth-order valence-electron chi connectivity index (χ4n) is 2.50. The van der Waals surface area contributed by atoms with Crippen molar-refractivity contribution >= 4 is 0 Å². The molecule has 0 amide bonds. The van der Waals surface area contributed by atoms with Gasteiger partial charge in [-0.1, -0.05) is 31.4 Å². The van der Waals surface area contributed by atoms with Crippen molar-refractivity contribution in [3.8, 4) is 0 Å². The molecule has 0 heterocycles. The van der Waals surface area contributed by atoms with Crippen LogP contribution in [0.25, 0.3) is 0 Å². The lowest BCUT2D eigenvalue weighted by atomic mass is 9.94. The molecule has 2 N–H and O–H groups in total. The Hall–Kier alpha value is -0.930. The largest absolute Gasteiger partial charge is 0.394 e. The highest BCUT2D eigenvalue weighted by Crippen LogP contribution is 2.21. The molecular formula is C14H20FNO. The van der Waals surface area contributed by atoms with Gasteiger partial charge < -0.3 is 10.4 Å². The van der Waals surface area contributed by atoms with E-state index in [2.05, 4.69) is 5.32 Å². The SMILES string of the molecule is OCC(NC1CCCCC1)c1ccc(F)cc1. The second-order valence-electron chi connectivity index (χ2n) is 4.79. The van der Waals surface area contributed by atoms with Crippen molar-refractivity contribution < 1.29 is 9.50 Å². The first-order valence-corrected chi connectivity index (χ1v) is 6.42. The van der Waals surface area contributed by atoms with Crippen molar-refractivity contribution in [1.82, 2.24) is 5.32 Å². The average Bonchev–Trinajstić information content (AvgIpc) is 2.38. The quantitative estimate of drug-likeness (QED) is 0.844. The summed E-state index contributed by atoms with van der Waals surface area (Å²) < 4.78 is 12.8. The lowest BCUT2D eigenvalue weighted by molar-refractivity contribution is 0.220. The molecule has 1 fully saturated rings. The maximum absolute atomic E-state index is 12.8. The summed E-state index contributed by atoms with van der Waals surface area (Å²) in [6.07, 6.45) is 6.20. The molecule has 1 aromatic carbocycles. The second kappa shape index (κ2) is 6.12. The molecule has 17 heavy (non-hydrogen) atoms. The summed E-state index contributed by atoms with van der Waals surface area (Å²) in [5.41, 5.74) is 0.958. The molecule has 0 spiro atoms. The van der Waals surface area contributed by atoms with Crippen molar-refractivity contribution in [2.24, 2.45) is 0 Å². The Kier molecular flexibility index (Phi) is 4.51. The summed E-state index contributed by atoms with van der Waals surface area (Å²) in [6.45, 7) is 0.0577. The molecule has 0 aromatic heterocycles. The van der Waals surface area contributed by atoms with Crippen LogP contribution in [0.2, 0.25) is 0 Å². The highest BCUT2D eigenvalue weighted by molar-refractivity contribution is 5.20. The maximum atomic E-state index is 12.8. The van der Waals surface area contributed by atoms with E-state index in [-0.39, 0.29) is 18.5 Å². The van der Waals surface area contributed by atoms with E-state index in [4.69, 9.17) is 0 Å². The Morgan fingerprint density at radius 1 is 1.18 bits per heavy atom. The van der Waals surface area contributed by atoms with Gasteiger partial charge in [0.15, 0.2) is 0 Å². The molecule has 0 radical (unpaired) electrons. The van der Waals surface area contributed by atoms with E-state index in [1.165, 1.54) is 44.2 Å². The summed E-state index contributed by atoms with van der Waals surface area (Å²) >= 11 is 0. The third kappa shape index (κ3) is 3.51. The maximum Gasteiger partial charge on any atom is 0.123 e. The highest BCUT2D eigenvalue weighted by Gasteiger charge is 2.18. The molecule has 1 saturated carbocycles. The third-order valence-corrected chi connectivity index (χ3v) is 3.50. The van der Waals surface area contributed by atoms with E-state index in [1.54, 1.807) is 12.1 Å². The summed E-state index contributed by atoms with van der Waals surface area (Å²) in [7, 11) is 0. The first-order valence-electron chi connectivity index (χ1n) is 6.42. The molecule has 0 saturated heterocycles. The van der Waals surface area contributed by atoms with Crippen molar-refractivity contribution in [2.75, 3.05) is 6.61 Å². The lowest BCUT2D eigenvalue weighted by Crippen LogP contribution is -2.36. The molecule has 1 aliphatic rings. The summed E-state index contributed by atoms with van der Waals surface area (Å²) in [4.78, 5) is 0. The first kappa shape index (κ1) is 12.5. The molecule has 2 rings (SSSR count). The molecular weight excluding hydrogens is 217 g/mol. The molecule has 2 nitrogen and oxygen atoms in total. The van der Waals surface area contributed by atoms with E-state index in [0.717, 1.165) is 5.56 Å². The predicted octanol–water partition coefficient (Wildman–Crippen LogP) is 2.78. The summed E-state index contributed by atoms with van der Waals surface area (Å²) in [5, 5.41) is 12.9. The van der Waals surface area contributed by atoms with Crippen LogP contribution >= 0.6 is 0 Å². The smallest absolute Gasteiger partial charge is 0.123 e. The molecule has 1 unspecified atom stereocenters. The van der Waals surface area contributed by atoms with Crippen molar-refractivity contribution in [1.29, 1.82) is 0 Å². The van der Waals surface area contributed by atoms with Crippen LogP contribution in [0.4, 0.5) is 4.39 Å². The van der Waals surface area contributed by atoms with Gasteiger partial charge in [0.05, 0.1) is 12.6 Å². The van der Waals surface area contributed by atoms with Crippen LogP contribution in [0.15, 0.2) is 24.3 Å². The molecule has 1 atom stereocenters. The zero-order valence-corrected chi connectivity index (χ0v) is 10.0. The minimum Gasteiger partial charge on any atom is -0.394 e. The van der Waals surface area contributed by atoms with Gasteiger partial charge in [-0.3, -0.25) is 0 Å². The van der Waals surface area contributed by atoms with Crippen molar-refractivity contribution in [3.63, 3.8) is 0 Å². The standard InChI is InChI=1S/C14H20FNO/c15-12-8-6-11(7-9-12)14(10-17)16-13-4-2-1-3-5-13/h6-9,13-14,16-17H,1-5,10H2. The third-order valence-electron chi connectivity index (χ3n) is 3.50. The minimum absolute atomic E-state index is 0.0577. The predicted molar refractivity (Wildman–Crippen MR) is 66.2 cm³/mol. The van der Waals surface area contributed by atoms with Gasteiger partial charge >= 0.3 is 0 Å². The lowest BCUT2D eigenvalue weighted by Gasteiger charge is -2.27. The monoisotopic (exact) mass is 237 g/mol. The van der Waals surface area contributed by atoms with E-state index in [1.807, 2.05) is 0 Å². The van der Waals surface area contributed by atoms with Crippen LogP contribution in [-0.4, -0.2) is 17.8 Å². The van der Waals surface area contributed by atoms with E-state index < -0.39 is 0 Å². The van der Waals surface area contributed by atoms with E-state index >= 15 is 0 Å². The first-order chi connectivity index (χ1) is 8.29. The van der Waals surface area contributed by atoms with Gasteiger partial charge in [-0.15, -0.1) is 0 Å². The highest BCUT2D eigenvalue weighted by atomic mass is 19.1. The number of aliphatic hydroxyl groups excluding tert-OH is 1. The molecule has 0 bridgehead atoms. The molecule has 1 aromatic rings. The Morgan fingerprint density at radius 3 is 2.41 bits per heavy atom. The van der Waals surface area contributed by atoms with E-state index in [0.29, 0.717) is 6.04 Å². The Balaban J connectivity index is 1.97.